The maximum absolute atomic E-state index is 7.04. The molecule has 0 aliphatic rings. The number of allylic oxidation sites excluding steroid dienone is 4. The standard InChI is InChI=1S/C28H58O3Si4/c1-9-13-17-21-25-32(5)29-34(7,27-23-19-15-11-3)31-35(8,28-24-20-16-12-4)30-33(6)26-22-18-14-10-2/h21-28,32-33H,9-20H2,1-8H3. The summed E-state index contributed by atoms with van der Waals surface area (Å²) in [6, 6.07) is 0. The van der Waals surface area contributed by atoms with E-state index < -0.39 is 35.2 Å². The van der Waals surface area contributed by atoms with Crippen molar-refractivity contribution in [3.63, 3.8) is 0 Å². The predicted octanol–water partition coefficient (Wildman–Crippen LogP) is 9.03. The van der Waals surface area contributed by atoms with Crippen LogP contribution in [-0.4, -0.2) is 35.2 Å². The molecule has 4 atom stereocenters. The van der Waals surface area contributed by atoms with Gasteiger partial charge in [0.25, 0.3) is 0 Å². The van der Waals surface area contributed by atoms with E-state index in [1.54, 1.807) is 0 Å². The predicted molar refractivity (Wildman–Crippen MR) is 167 cm³/mol. The largest absolute Gasteiger partial charge is 0.433 e. The fourth-order valence-electron chi connectivity index (χ4n) is 3.87. The molecular weight excluding hydrogens is 497 g/mol. The Labute approximate surface area is 225 Å². The summed E-state index contributed by atoms with van der Waals surface area (Å²) in [6.45, 7) is 18.0. The molecule has 0 aromatic heterocycles. The van der Waals surface area contributed by atoms with Crippen LogP contribution < -0.4 is 0 Å². The van der Waals surface area contributed by atoms with Crippen LogP contribution in [0.3, 0.4) is 0 Å². The van der Waals surface area contributed by atoms with Crippen molar-refractivity contribution < 1.29 is 12.3 Å². The quantitative estimate of drug-likeness (QED) is 0.0986. The van der Waals surface area contributed by atoms with E-state index in [4.69, 9.17) is 12.3 Å². The second kappa shape index (κ2) is 21.8. The van der Waals surface area contributed by atoms with Crippen molar-refractivity contribution in [3.8, 4) is 0 Å². The molecule has 0 rings (SSSR count). The molecule has 0 amide bonds. The molecule has 0 fully saturated rings. The molecule has 0 heterocycles. The van der Waals surface area contributed by atoms with Crippen molar-refractivity contribution in [1.29, 1.82) is 0 Å². The Kier molecular flexibility index (Phi) is 21.6. The van der Waals surface area contributed by atoms with Crippen LogP contribution in [0.4, 0.5) is 0 Å². The van der Waals surface area contributed by atoms with E-state index in [2.05, 4.69) is 101 Å². The van der Waals surface area contributed by atoms with Crippen molar-refractivity contribution in [2.75, 3.05) is 0 Å². The molecule has 0 spiro atoms. The number of hydrogen-bond donors (Lipinski definition) is 0. The lowest BCUT2D eigenvalue weighted by Crippen LogP contribution is -2.53. The molecule has 0 saturated carbocycles. The molecule has 0 aliphatic heterocycles. The van der Waals surface area contributed by atoms with Gasteiger partial charge in [-0.15, -0.1) is 0 Å². The molecule has 0 N–H and O–H groups in total. The Bertz CT molecular complexity index is 571. The van der Waals surface area contributed by atoms with Crippen LogP contribution >= 0.6 is 0 Å². The van der Waals surface area contributed by atoms with Gasteiger partial charge in [-0.3, -0.25) is 0 Å². The molecule has 204 valence electrons. The SMILES string of the molecule is CCCCC=C[SiH](C)O[Si](C)(C=CCCCC)O[Si](C)(C=CCCCC)O[SiH](C)C=CCCCC. The highest BCUT2D eigenvalue weighted by atomic mass is 28.5. The summed E-state index contributed by atoms with van der Waals surface area (Å²) in [4.78, 5) is 0. The van der Waals surface area contributed by atoms with Crippen LogP contribution in [0.15, 0.2) is 47.1 Å². The van der Waals surface area contributed by atoms with Crippen LogP contribution in [-0.2, 0) is 12.3 Å². The minimum absolute atomic E-state index is 1.09. The number of rotatable bonds is 22. The van der Waals surface area contributed by atoms with E-state index in [9.17, 15) is 0 Å². The number of hydrogen-bond acceptors (Lipinski definition) is 3. The normalized spacial score (nSPS) is 18.1. The highest BCUT2D eigenvalue weighted by Crippen LogP contribution is 2.23. The van der Waals surface area contributed by atoms with E-state index in [-0.39, 0.29) is 0 Å². The van der Waals surface area contributed by atoms with Gasteiger partial charge in [-0.1, -0.05) is 115 Å². The Morgan fingerprint density at radius 2 is 0.857 bits per heavy atom. The van der Waals surface area contributed by atoms with Gasteiger partial charge in [0.2, 0.25) is 0 Å². The summed E-state index contributed by atoms with van der Waals surface area (Å²) < 4.78 is 20.7. The van der Waals surface area contributed by atoms with Gasteiger partial charge in [0.1, 0.15) is 0 Å². The third kappa shape index (κ3) is 19.5. The third-order valence-electron chi connectivity index (χ3n) is 5.80. The zero-order valence-electron chi connectivity index (χ0n) is 24.5. The van der Waals surface area contributed by atoms with Gasteiger partial charge in [-0.05, 0) is 63.3 Å². The Hall–Kier alpha value is -0.292. The van der Waals surface area contributed by atoms with E-state index in [0.29, 0.717) is 0 Å². The summed E-state index contributed by atoms with van der Waals surface area (Å²) in [5.74, 6) is 0. The zero-order chi connectivity index (χ0) is 26.4. The first-order valence-electron chi connectivity index (χ1n) is 14.5. The topological polar surface area (TPSA) is 27.7 Å². The lowest BCUT2D eigenvalue weighted by Gasteiger charge is -2.36. The zero-order valence-corrected chi connectivity index (χ0v) is 28.8. The lowest BCUT2D eigenvalue weighted by molar-refractivity contribution is 0.352. The second-order valence-corrected chi connectivity index (χ2v) is 21.0. The molecule has 0 bridgehead atoms. The van der Waals surface area contributed by atoms with Gasteiger partial charge in [0.05, 0.1) is 0 Å². The van der Waals surface area contributed by atoms with Crippen molar-refractivity contribution in [2.45, 2.75) is 131 Å². The fourth-order valence-corrected chi connectivity index (χ4v) is 18.4. The van der Waals surface area contributed by atoms with Crippen molar-refractivity contribution >= 4 is 35.2 Å². The monoisotopic (exact) mass is 554 g/mol. The highest BCUT2D eigenvalue weighted by Gasteiger charge is 2.41. The minimum Gasteiger partial charge on any atom is -0.433 e. The van der Waals surface area contributed by atoms with Gasteiger partial charge in [-0.2, -0.15) is 0 Å². The fraction of sp³-hybridized carbons (Fsp3) is 0.714. The summed E-state index contributed by atoms with van der Waals surface area (Å²) in [5, 5.41) is 0. The molecule has 4 unspecified atom stereocenters. The maximum atomic E-state index is 7.04. The Morgan fingerprint density at radius 1 is 0.543 bits per heavy atom. The van der Waals surface area contributed by atoms with Crippen molar-refractivity contribution in [3.05, 3.63) is 47.1 Å². The molecule has 7 heteroatoms. The van der Waals surface area contributed by atoms with Crippen LogP contribution in [0, 0.1) is 0 Å². The van der Waals surface area contributed by atoms with E-state index in [1.165, 1.54) is 51.4 Å². The van der Waals surface area contributed by atoms with Gasteiger partial charge in [0, 0.05) is 0 Å². The molecule has 0 radical (unpaired) electrons. The Morgan fingerprint density at radius 3 is 1.17 bits per heavy atom. The molecule has 35 heavy (non-hydrogen) atoms. The smallest absolute Gasteiger partial charge is 0.342 e. The third-order valence-corrected chi connectivity index (χ3v) is 19.1. The minimum atomic E-state index is -2.53. The summed E-state index contributed by atoms with van der Waals surface area (Å²) >= 11 is 0. The van der Waals surface area contributed by atoms with E-state index >= 15 is 0 Å². The molecular formula is C28H58O3Si4. The Balaban J connectivity index is 5.70. The summed E-state index contributed by atoms with van der Waals surface area (Å²) in [7, 11) is -8.01. The van der Waals surface area contributed by atoms with Crippen LogP contribution in [0.5, 0.6) is 0 Å². The molecule has 0 aliphatic carbocycles. The maximum Gasteiger partial charge on any atom is 0.342 e. The van der Waals surface area contributed by atoms with Crippen LogP contribution in [0.2, 0.25) is 26.2 Å². The molecule has 3 nitrogen and oxygen atoms in total. The average molecular weight is 555 g/mol. The first-order valence-corrected chi connectivity index (χ1v) is 23.9. The average Bonchev–Trinajstić information content (AvgIpc) is 2.80. The van der Waals surface area contributed by atoms with Gasteiger partial charge < -0.3 is 12.3 Å². The first-order chi connectivity index (χ1) is 16.7. The second-order valence-electron chi connectivity index (χ2n) is 10.0. The van der Waals surface area contributed by atoms with Gasteiger partial charge in [-0.25, -0.2) is 0 Å². The van der Waals surface area contributed by atoms with Gasteiger partial charge >= 0.3 is 17.1 Å². The summed E-state index contributed by atoms with van der Waals surface area (Å²) in [6.07, 6.45) is 23.5. The lowest BCUT2D eigenvalue weighted by atomic mass is 10.2. The molecule has 0 aromatic carbocycles. The van der Waals surface area contributed by atoms with Crippen LogP contribution in [0.25, 0.3) is 0 Å². The molecule has 0 saturated heterocycles. The van der Waals surface area contributed by atoms with Crippen LogP contribution in [0.1, 0.15) is 105 Å². The van der Waals surface area contributed by atoms with E-state index in [0.717, 1.165) is 25.7 Å². The van der Waals surface area contributed by atoms with E-state index in [1.807, 2.05) is 0 Å². The molecule has 0 aromatic rings. The van der Waals surface area contributed by atoms with Crippen molar-refractivity contribution in [1.82, 2.24) is 0 Å². The number of unbranched alkanes of at least 4 members (excludes halogenated alkanes) is 8. The highest BCUT2D eigenvalue weighted by molar-refractivity contribution is 6.90. The van der Waals surface area contributed by atoms with Gasteiger partial charge in [0.15, 0.2) is 18.1 Å². The first kappa shape index (κ1) is 34.7. The summed E-state index contributed by atoms with van der Waals surface area (Å²) in [5.41, 5.74) is 9.28. The van der Waals surface area contributed by atoms with Crippen molar-refractivity contribution in [2.24, 2.45) is 0 Å².